The summed E-state index contributed by atoms with van der Waals surface area (Å²) in [4.78, 5) is 3.13. The van der Waals surface area contributed by atoms with Crippen LogP contribution in [0.3, 0.4) is 0 Å². The van der Waals surface area contributed by atoms with E-state index >= 15 is 0 Å². The molecule has 0 aliphatic carbocycles. The smallest absolute Gasteiger partial charge is 0.146 e. The molecule has 0 atom stereocenters. The normalized spacial score (nSPS) is 10.8. The van der Waals surface area contributed by atoms with E-state index in [1.54, 1.807) is 0 Å². The molecule has 74 valence electrons. The predicted molar refractivity (Wildman–Crippen MR) is 62.2 cm³/mol. The topological polar surface area (TPSA) is 25.0 Å². The summed E-state index contributed by atoms with van der Waals surface area (Å²) < 4.78 is 6.45. The summed E-state index contributed by atoms with van der Waals surface area (Å²) in [6.45, 7) is 2.58. The van der Waals surface area contributed by atoms with Crippen LogP contribution >= 0.6 is 27.5 Å². The fourth-order valence-corrected chi connectivity index (χ4v) is 2.11. The molecular formula is C10H9BrClNO. The van der Waals surface area contributed by atoms with Gasteiger partial charge < -0.3 is 9.72 Å². The first-order chi connectivity index (χ1) is 6.74. The van der Waals surface area contributed by atoms with Gasteiger partial charge in [-0.2, -0.15) is 0 Å². The van der Waals surface area contributed by atoms with Crippen LogP contribution in [0.5, 0.6) is 5.75 Å². The Balaban J connectivity index is 2.70. The van der Waals surface area contributed by atoms with Crippen LogP contribution in [0.15, 0.2) is 22.8 Å². The van der Waals surface area contributed by atoms with E-state index in [-0.39, 0.29) is 0 Å². The van der Waals surface area contributed by atoms with Gasteiger partial charge in [-0.3, -0.25) is 0 Å². The lowest BCUT2D eigenvalue weighted by Gasteiger charge is -2.02. The zero-order chi connectivity index (χ0) is 10.1. The van der Waals surface area contributed by atoms with E-state index in [9.17, 15) is 0 Å². The van der Waals surface area contributed by atoms with Gasteiger partial charge in [-0.25, -0.2) is 0 Å². The molecule has 14 heavy (non-hydrogen) atoms. The van der Waals surface area contributed by atoms with Gasteiger partial charge >= 0.3 is 0 Å². The van der Waals surface area contributed by atoms with Crippen LogP contribution in [-0.2, 0) is 0 Å². The van der Waals surface area contributed by atoms with Crippen molar-refractivity contribution in [3.05, 3.63) is 27.8 Å². The van der Waals surface area contributed by atoms with Gasteiger partial charge in [-0.1, -0.05) is 11.6 Å². The van der Waals surface area contributed by atoms with Gasteiger partial charge in [0.2, 0.25) is 0 Å². The largest absolute Gasteiger partial charge is 0.492 e. The van der Waals surface area contributed by atoms with Crippen molar-refractivity contribution in [1.82, 2.24) is 4.98 Å². The lowest BCUT2D eigenvalue weighted by molar-refractivity contribution is 0.344. The van der Waals surface area contributed by atoms with Crippen LogP contribution in [0.2, 0.25) is 5.02 Å². The highest BCUT2D eigenvalue weighted by Crippen LogP contribution is 2.36. The maximum Gasteiger partial charge on any atom is 0.146 e. The third-order valence-corrected chi connectivity index (χ3v) is 2.97. The first-order valence-electron chi connectivity index (χ1n) is 4.32. The zero-order valence-electron chi connectivity index (χ0n) is 7.60. The number of hydrogen-bond donors (Lipinski definition) is 1. The first-order valence-corrected chi connectivity index (χ1v) is 5.49. The molecule has 0 amide bonds. The summed E-state index contributed by atoms with van der Waals surface area (Å²) in [6, 6.07) is 3.77. The number of nitrogens with one attached hydrogen (secondary N) is 1. The number of hydrogen-bond acceptors (Lipinski definition) is 1. The van der Waals surface area contributed by atoms with Crippen molar-refractivity contribution in [3.8, 4) is 5.75 Å². The molecule has 0 fully saturated rings. The van der Waals surface area contributed by atoms with Gasteiger partial charge in [0, 0.05) is 10.7 Å². The quantitative estimate of drug-likeness (QED) is 0.880. The summed E-state index contributed by atoms with van der Waals surface area (Å²) in [7, 11) is 0. The van der Waals surface area contributed by atoms with Crippen molar-refractivity contribution in [2.45, 2.75) is 6.92 Å². The molecule has 4 heteroatoms. The van der Waals surface area contributed by atoms with Crippen LogP contribution in [-0.4, -0.2) is 11.6 Å². The van der Waals surface area contributed by atoms with Crippen LogP contribution in [0.1, 0.15) is 6.92 Å². The lowest BCUT2D eigenvalue weighted by Crippen LogP contribution is -1.89. The maximum atomic E-state index is 6.09. The third-order valence-electron chi connectivity index (χ3n) is 2.00. The van der Waals surface area contributed by atoms with E-state index in [0.29, 0.717) is 11.6 Å². The molecule has 0 saturated heterocycles. The number of H-pyrrole nitrogens is 1. The number of aromatic nitrogens is 1. The average Bonchev–Trinajstić information content (AvgIpc) is 2.58. The summed E-state index contributed by atoms with van der Waals surface area (Å²) in [6.07, 6.45) is 1.82. The monoisotopic (exact) mass is 273 g/mol. The molecule has 0 saturated carbocycles. The highest BCUT2D eigenvalue weighted by Gasteiger charge is 2.10. The Morgan fingerprint density at radius 1 is 1.50 bits per heavy atom. The SMILES string of the molecule is CCOc1c[nH]c2c(Br)ccc(Cl)c12. The minimum Gasteiger partial charge on any atom is -0.492 e. The summed E-state index contributed by atoms with van der Waals surface area (Å²) in [5.74, 6) is 0.800. The Morgan fingerprint density at radius 2 is 2.29 bits per heavy atom. The number of halogens is 2. The van der Waals surface area contributed by atoms with Gasteiger partial charge in [0.15, 0.2) is 0 Å². The van der Waals surface area contributed by atoms with Crippen molar-refractivity contribution in [3.63, 3.8) is 0 Å². The number of ether oxygens (including phenoxy) is 1. The Labute approximate surface area is 95.3 Å². The van der Waals surface area contributed by atoms with E-state index < -0.39 is 0 Å². The minimum atomic E-state index is 0.635. The van der Waals surface area contributed by atoms with E-state index in [2.05, 4.69) is 20.9 Å². The summed E-state index contributed by atoms with van der Waals surface area (Å²) in [5, 5.41) is 1.63. The molecule has 0 unspecified atom stereocenters. The third kappa shape index (κ3) is 1.51. The number of aromatic amines is 1. The number of rotatable bonds is 2. The number of fused-ring (bicyclic) bond motifs is 1. The fraction of sp³-hybridized carbons (Fsp3) is 0.200. The summed E-state index contributed by atoms with van der Waals surface area (Å²) >= 11 is 9.54. The minimum absolute atomic E-state index is 0.635. The lowest BCUT2D eigenvalue weighted by atomic mass is 10.2. The Bertz CT molecular complexity index is 466. The van der Waals surface area contributed by atoms with Gasteiger partial charge in [-0.05, 0) is 35.0 Å². The van der Waals surface area contributed by atoms with Crippen LogP contribution in [0.4, 0.5) is 0 Å². The molecule has 1 heterocycles. The molecular weight excluding hydrogens is 265 g/mol. The fourth-order valence-electron chi connectivity index (χ4n) is 1.41. The second-order valence-electron chi connectivity index (χ2n) is 2.87. The first kappa shape index (κ1) is 9.87. The van der Waals surface area contributed by atoms with Crippen molar-refractivity contribution in [2.75, 3.05) is 6.61 Å². The molecule has 0 aliphatic heterocycles. The molecule has 1 aromatic heterocycles. The van der Waals surface area contributed by atoms with Gasteiger partial charge in [0.05, 0.1) is 22.5 Å². The predicted octanol–water partition coefficient (Wildman–Crippen LogP) is 3.98. The summed E-state index contributed by atoms with van der Waals surface area (Å²) in [5.41, 5.74) is 0.973. The second kappa shape index (κ2) is 3.83. The van der Waals surface area contributed by atoms with Crippen molar-refractivity contribution in [1.29, 1.82) is 0 Å². The molecule has 1 N–H and O–H groups in total. The molecule has 0 bridgehead atoms. The van der Waals surface area contributed by atoms with E-state index in [0.717, 1.165) is 21.1 Å². The van der Waals surface area contributed by atoms with Crippen LogP contribution in [0, 0.1) is 0 Å². The molecule has 0 aliphatic rings. The molecule has 1 aromatic carbocycles. The highest BCUT2D eigenvalue weighted by atomic mass is 79.9. The number of benzene rings is 1. The van der Waals surface area contributed by atoms with E-state index in [1.165, 1.54) is 0 Å². The van der Waals surface area contributed by atoms with Crippen molar-refractivity contribution >= 4 is 38.4 Å². The Morgan fingerprint density at radius 3 is 3.00 bits per heavy atom. The van der Waals surface area contributed by atoms with Crippen LogP contribution in [0.25, 0.3) is 10.9 Å². The average molecular weight is 275 g/mol. The standard InChI is InChI=1S/C10H9BrClNO/c1-2-14-8-5-13-10-6(11)3-4-7(12)9(8)10/h3-5,13H,2H2,1H3. The molecule has 2 nitrogen and oxygen atoms in total. The van der Waals surface area contributed by atoms with E-state index in [1.807, 2.05) is 25.3 Å². The van der Waals surface area contributed by atoms with Gasteiger partial charge in [0.25, 0.3) is 0 Å². The van der Waals surface area contributed by atoms with E-state index in [4.69, 9.17) is 16.3 Å². The Hall–Kier alpha value is -0.670. The van der Waals surface area contributed by atoms with Crippen LogP contribution < -0.4 is 4.74 Å². The maximum absolute atomic E-state index is 6.09. The second-order valence-corrected chi connectivity index (χ2v) is 4.13. The van der Waals surface area contributed by atoms with Gasteiger partial charge in [-0.15, -0.1) is 0 Å². The molecule has 2 aromatic rings. The van der Waals surface area contributed by atoms with Crippen molar-refractivity contribution in [2.24, 2.45) is 0 Å². The zero-order valence-corrected chi connectivity index (χ0v) is 9.95. The Kier molecular flexibility index (Phi) is 2.70. The molecule has 0 radical (unpaired) electrons. The van der Waals surface area contributed by atoms with Crippen molar-refractivity contribution < 1.29 is 4.74 Å². The molecule has 0 spiro atoms. The molecule has 2 rings (SSSR count). The highest BCUT2D eigenvalue weighted by molar-refractivity contribution is 9.10. The van der Waals surface area contributed by atoms with Gasteiger partial charge in [0.1, 0.15) is 5.75 Å².